The lowest BCUT2D eigenvalue weighted by atomic mass is 10.1. The second-order valence-electron chi connectivity index (χ2n) is 7.12. The standard InChI is InChI=1S/C19H20N6O3/c20-16(26)8-24-4-3-12(6-24)25-7-13(17-18(21)22-9-23-19(17)25)11-1-2-14-15(5-11)28-10-27-14/h1-2,5,7,9,12H,3-4,6,8,10H2,(H2,20,26)(H2,21,22,23)/t12-/m0/s1. The molecule has 1 fully saturated rings. The van der Waals surface area contributed by atoms with Crippen LogP contribution in [0.2, 0.25) is 0 Å². The van der Waals surface area contributed by atoms with Crippen LogP contribution in [0.1, 0.15) is 12.5 Å². The summed E-state index contributed by atoms with van der Waals surface area (Å²) in [6.07, 6.45) is 4.45. The molecule has 0 bridgehead atoms. The average Bonchev–Trinajstić information content (AvgIpc) is 3.38. The molecule has 5 rings (SSSR count). The molecule has 1 saturated heterocycles. The largest absolute Gasteiger partial charge is 0.454 e. The molecule has 9 heteroatoms. The van der Waals surface area contributed by atoms with Crippen LogP contribution in [0, 0.1) is 0 Å². The number of nitrogens with two attached hydrogens (primary N) is 2. The van der Waals surface area contributed by atoms with E-state index < -0.39 is 0 Å². The fourth-order valence-electron chi connectivity index (χ4n) is 4.07. The first-order valence-electron chi connectivity index (χ1n) is 9.12. The topological polar surface area (TPSA) is 122 Å². The minimum atomic E-state index is -0.314. The third-order valence-corrected chi connectivity index (χ3v) is 5.34. The Balaban J connectivity index is 1.59. The van der Waals surface area contributed by atoms with Crippen molar-refractivity contribution in [3.05, 3.63) is 30.7 Å². The van der Waals surface area contributed by atoms with Gasteiger partial charge in [-0.2, -0.15) is 0 Å². The van der Waals surface area contributed by atoms with Crippen LogP contribution < -0.4 is 20.9 Å². The second kappa shape index (κ2) is 6.38. The summed E-state index contributed by atoms with van der Waals surface area (Å²) in [7, 11) is 0. The summed E-state index contributed by atoms with van der Waals surface area (Å²) in [5.41, 5.74) is 14.3. The molecule has 1 amide bonds. The summed E-state index contributed by atoms with van der Waals surface area (Å²) < 4.78 is 13.1. The van der Waals surface area contributed by atoms with E-state index in [2.05, 4.69) is 25.6 Å². The van der Waals surface area contributed by atoms with Crippen molar-refractivity contribution in [1.29, 1.82) is 0 Å². The summed E-state index contributed by atoms with van der Waals surface area (Å²) in [4.78, 5) is 22.0. The molecule has 2 aromatic heterocycles. The molecule has 2 aliphatic heterocycles. The van der Waals surface area contributed by atoms with Crippen LogP contribution in [0.25, 0.3) is 22.2 Å². The summed E-state index contributed by atoms with van der Waals surface area (Å²) in [6.45, 7) is 2.04. The van der Waals surface area contributed by atoms with E-state index in [4.69, 9.17) is 20.9 Å². The number of amides is 1. The number of aromatic nitrogens is 3. The van der Waals surface area contributed by atoms with E-state index in [0.29, 0.717) is 11.6 Å². The zero-order valence-electron chi connectivity index (χ0n) is 15.2. The van der Waals surface area contributed by atoms with Crippen LogP contribution in [-0.2, 0) is 4.79 Å². The predicted molar refractivity (Wildman–Crippen MR) is 103 cm³/mol. The van der Waals surface area contributed by atoms with Gasteiger partial charge in [0.25, 0.3) is 0 Å². The van der Waals surface area contributed by atoms with Crippen LogP contribution in [0.3, 0.4) is 0 Å². The van der Waals surface area contributed by atoms with Crippen molar-refractivity contribution in [3.8, 4) is 22.6 Å². The number of nitrogens with zero attached hydrogens (tertiary/aromatic N) is 4. The Bertz CT molecular complexity index is 1080. The molecule has 0 spiro atoms. The van der Waals surface area contributed by atoms with Crippen LogP contribution in [0.15, 0.2) is 30.7 Å². The maximum absolute atomic E-state index is 11.3. The maximum Gasteiger partial charge on any atom is 0.231 e. The molecular weight excluding hydrogens is 360 g/mol. The third kappa shape index (κ3) is 2.71. The van der Waals surface area contributed by atoms with Gasteiger partial charge in [0.1, 0.15) is 17.8 Å². The summed E-state index contributed by atoms with van der Waals surface area (Å²) in [5.74, 6) is 1.56. The molecule has 3 aromatic rings. The van der Waals surface area contributed by atoms with E-state index >= 15 is 0 Å². The second-order valence-corrected chi connectivity index (χ2v) is 7.12. The van der Waals surface area contributed by atoms with Gasteiger partial charge in [0, 0.05) is 30.9 Å². The highest BCUT2D eigenvalue weighted by Crippen LogP contribution is 2.40. The van der Waals surface area contributed by atoms with Crippen LogP contribution in [0.4, 0.5) is 5.82 Å². The van der Waals surface area contributed by atoms with Gasteiger partial charge in [-0.05, 0) is 24.1 Å². The van der Waals surface area contributed by atoms with E-state index in [9.17, 15) is 4.79 Å². The molecule has 144 valence electrons. The zero-order chi connectivity index (χ0) is 19.3. The number of hydrogen-bond donors (Lipinski definition) is 2. The maximum atomic E-state index is 11.3. The first-order valence-corrected chi connectivity index (χ1v) is 9.12. The number of fused-ring (bicyclic) bond motifs is 2. The number of carbonyl (C=O) groups excluding carboxylic acids is 1. The van der Waals surface area contributed by atoms with Gasteiger partial charge in [-0.25, -0.2) is 9.97 Å². The van der Waals surface area contributed by atoms with E-state index in [-0.39, 0.29) is 25.3 Å². The number of carbonyl (C=O) groups is 1. The quantitative estimate of drug-likeness (QED) is 0.696. The van der Waals surface area contributed by atoms with Crippen molar-refractivity contribution in [1.82, 2.24) is 19.4 Å². The van der Waals surface area contributed by atoms with Gasteiger partial charge in [0.05, 0.1) is 11.9 Å². The fourth-order valence-corrected chi connectivity index (χ4v) is 4.07. The highest BCUT2D eigenvalue weighted by atomic mass is 16.7. The molecule has 4 heterocycles. The van der Waals surface area contributed by atoms with Crippen LogP contribution >= 0.6 is 0 Å². The minimum absolute atomic E-state index is 0.180. The number of nitrogen functional groups attached to an aromatic ring is 1. The number of primary amides is 1. The monoisotopic (exact) mass is 380 g/mol. The zero-order valence-corrected chi connectivity index (χ0v) is 15.2. The lowest BCUT2D eigenvalue weighted by molar-refractivity contribution is -0.118. The third-order valence-electron chi connectivity index (χ3n) is 5.34. The van der Waals surface area contributed by atoms with Gasteiger partial charge in [0.2, 0.25) is 12.7 Å². The van der Waals surface area contributed by atoms with Gasteiger partial charge in [-0.3, -0.25) is 9.69 Å². The normalized spacial score (nSPS) is 18.8. The Morgan fingerprint density at radius 3 is 2.96 bits per heavy atom. The van der Waals surface area contributed by atoms with E-state index in [1.165, 1.54) is 6.33 Å². The number of hydrogen-bond acceptors (Lipinski definition) is 7. The van der Waals surface area contributed by atoms with Crippen molar-refractivity contribution in [2.75, 3.05) is 32.2 Å². The van der Waals surface area contributed by atoms with Crippen molar-refractivity contribution in [3.63, 3.8) is 0 Å². The fraction of sp³-hybridized carbons (Fsp3) is 0.316. The van der Waals surface area contributed by atoms with Crippen LogP contribution in [0.5, 0.6) is 11.5 Å². The van der Waals surface area contributed by atoms with Gasteiger partial charge in [0.15, 0.2) is 11.5 Å². The number of likely N-dealkylation sites (tertiary alicyclic amines) is 1. The molecule has 2 aliphatic rings. The average molecular weight is 380 g/mol. The Morgan fingerprint density at radius 2 is 2.11 bits per heavy atom. The van der Waals surface area contributed by atoms with E-state index in [0.717, 1.165) is 47.4 Å². The van der Waals surface area contributed by atoms with E-state index in [1.807, 2.05) is 18.2 Å². The van der Waals surface area contributed by atoms with Crippen LogP contribution in [-0.4, -0.2) is 51.8 Å². The SMILES string of the molecule is NC(=O)CN1CC[C@H](n2cc(-c3ccc4c(c3)OCO4)c3c(N)ncnc32)C1. The molecule has 4 N–H and O–H groups in total. The van der Waals surface area contributed by atoms with Gasteiger partial charge < -0.3 is 25.5 Å². The molecule has 0 saturated carbocycles. The first-order chi connectivity index (χ1) is 13.6. The number of rotatable bonds is 4. The highest BCUT2D eigenvalue weighted by Gasteiger charge is 2.28. The number of ether oxygens (including phenoxy) is 2. The van der Waals surface area contributed by atoms with Gasteiger partial charge in [-0.15, -0.1) is 0 Å². The van der Waals surface area contributed by atoms with Crippen molar-refractivity contribution >= 4 is 22.8 Å². The van der Waals surface area contributed by atoms with Crippen molar-refractivity contribution in [2.24, 2.45) is 5.73 Å². The minimum Gasteiger partial charge on any atom is -0.454 e. The van der Waals surface area contributed by atoms with Gasteiger partial charge >= 0.3 is 0 Å². The Hall–Kier alpha value is -3.33. The molecule has 0 unspecified atom stereocenters. The molecular formula is C19H20N6O3. The van der Waals surface area contributed by atoms with Crippen molar-refractivity contribution < 1.29 is 14.3 Å². The number of benzene rings is 1. The van der Waals surface area contributed by atoms with Gasteiger partial charge in [-0.1, -0.05) is 6.07 Å². The Labute approximate surface area is 160 Å². The molecule has 28 heavy (non-hydrogen) atoms. The lowest BCUT2D eigenvalue weighted by Crippen LogP contribution is -2.32. The summed E-state index contributed by atoms with van der Waals surface area (Å²) in [5, 5.41) is 0.815. The molecule has 9 nitrogen and oxygen atoms in total. The number of anilines is 1. The Kier molecular flexibility index (Phi) is 3.83. The molecule has 0 aliphatic carbocycles. The molecule has 1 aromatic carbocycles. The molecule has 1 atom stereocenters. The Morgan fingerprint density at radius 1 is 1.25 bits per heavy atom. The lowest BCUT2D eigenvalue weighted by Gasteiger charge is -2.15. The predicted octanol–water partition coefficient (Wildman–Crippen LogP) is 1.14. The smallest absolute Gasteiger partial charge is 0.231 e. The first kappa shape index (κ1) is 16.8. The molecule has 0 radical (unpaired) electrons. The van der Waals surface area contributed by atoms with E-state index in [1.54, 1.807) is 0 Å². The summed E-state index contributed by atoms with van der Waals surface area (Å²) >= 11 is 0. The van der Waals surface area contributed by atoms with Crippen molar-refractivity contribution in [2.45, 2.75) is 12.5 Å². The summed E-state index contributed by atoms with van der Waals surface area (Å²) in [6, 6.07) is 6.00. The highest BCUT2D eigenvalue weighted by molar-refractivity contribution is 6.01.